The summed E-state index contributed by atoms with van der Waals surface area (Å²) in [6.07, 6.45) is 4.98. The fraction of sp³-hybridized carbons (Fsp3) is 0.259. The number of anilines is 1. The van der Waals surface area contributed by atoms with Crippen molar-refractivity contribution in [2.45, 2.75) is 44.1 Å². The summed E-state index contributed by atoms with van der Waals surface area (Å²) in [6.45, 7) is 4.44. The fourth-order valence-electron chi connectivity index (χ4n) is 4.94. The lowest BCUT2D eigenvalue weighted by Gasteiger charge is -2.11. The summed E-state index contributed by atoms with van der Waals surface area (Å²) in [4.78, 5) is 28.1. The van der Waals surface area contributed by atoms with Gasteiger partial charge in [-0.1, -0.05) is 62.0 Å². The van der Waals surface area contributed by atoms with Crippen LogP contribution < -0.4 is 5.32 Å². The van der Waals surface area contributed by atoms with Crippen LogP contribution in [0, 0.1) is 0 Å². The summed E-state index contributed by atoms with van der Waals surface area (Å²) >= 11 is 3.12. The molecular weight excluding hydrogens is 460 g/mol. The van der Waals surface area contributed by atoms with Crippen molar-refractivity contribution in [3.05, 3.63) is 65.6 Å². The van der Waals surface area contributed by atoms with Crippen molar-refractivity contribution in [3.63, 3.8) is 0 Å². The molecule has 170 valence electrons. The van der Waals surface area contributed by atoms with Crippen LogP contribution >= 0.6 is 23.1 Å². The van der Waals surface area contributed by atoms with Crippen molar-refractivity contribution in [1.29, 1.82) is 0 Å². The van der Waals surface area contributed by atoms with Crippen molar-refractivity contribution in [2.75, 3.05) is 11.1 Å². The van der Waals surface area contributed by atoms with E-state index < -0.39 is 0 Å². The summed E-state index contributed by atoms with van der Waals surface area (Å²) in [6, 6.07) is 14.0. The summed E-state index contributed by atoms with van der Waals surface area (Å²) < 4.78 is 1.03. The Labute approximate surface area is 206 Å². The fourth-order valence-corrected chi connectivity index (χ4v) is 6.98. The second-order valence-electron chi connectivity index (χ2n) is 8.96. The van der Waals surface area contributed by atoms with Gasteiger partial charge >= 0.3 is 0 Å². The monoisotopic (exact) mass is 484 g/mol. The van der Waals surface area contributed by atoms with E-state index in [0.29, 0.717) is 5.92 Å². The Morgan fingerprint density at radius 3 is 2.79 bits per heavy atom. The molecule has 1 N–H and O–H groups in total. The van der Waals surface area contributed by atoms with Gasteiger partial charge in [-0.2, -0.15) is 0 Å². The summed E-state index contributed by atoms with van der Waals surface area (Å²) in [7, 11) is 0. The van der Waals surface area contributed by atoms with Crippen molar-refractivity contribution in [3.8, 4) is 0 Å². The SMILES string of the molecule is CC(C)c1nc2sc3c(SCC(=O)Nc4cccc5ccccc45)ncnc3c2c2c1CCC2. The number of nitrogens with one attached hydrogen (secondary N) is 1. The predicted octanol–water partition coefficient (Wildman–Crippen LogP) is 6.74. The highest BCUT2D eigenvalue weighted by Gasteiger charge is 2.25. The standard InChI is InChI=1S/C27H24N4OS2/c1-15(2)23-19-11-6-10-18(19)22-24-25(34-26(22)31-23)27(29-14-28-24)33-13-21(32)30-20-12-5-8-16-7-3-4-9-17(16)20/h3-5,7-9,12,14-15H,6,10-11,13H2,1-2H3,(H,30,32). The van der Waals surface area contributed by atoms with E-state index in [0.717, 1.165) is 49.4 Å². The second-order valence-corrected chi connectivity index (χ2v) is 10.9. The number of pyridine rings is 1. The lowest BCUT2D eigenvalue weighted by Crippen LogP contribution is -2.14. The third kappa shape index (κ3) is 3.63. The Balaban J connectivity index is 1.31. The normalized spacial score (nSPS) is 13.3. The van der Waals surface area contributed by atoms with Gasteiger partial charge in [0.05, 0.1) is 16.0 Å². The van der Waals surface area contributed by atoms with Crippen LogP contribution in [0.15, 0.2) is 53.8 Å². The van der Waals surface area contributed by atoms with Gasteiger partial charge in [-0.25, -0.2) is 15.0 Å². The van der Waals surface area contributed by atoms with Crippen LogP contribution in [0.3, 0.4) is 0 Å². The number of thiophene rings is 1. The lowest BCUT2D eigenvalue weighted by molar-refractivity contribution is -0.113. The molecule has 5 aromatic rings. The summed E-state index contributed by atoms with van der Waals surface area (Å²) in [5.41, 5.74) is 5.88. The number of rotatable bonds is 5. The van der Waals surface area contributed by atoms with E-state index in [2.05, 4.69) is 29.1 Å². The van der Waals surface area contributed by atoms with Gasteiger partial charge in [0.2, 0.25) is 5.91 Å². The first-order chi connectivity index (χ1) is 16.6. The molecule has 0 saturated carbocycles. The zero-order valence-corrected chi connectivity index (χ0v) is 20.7. The molecule has 0 saturated heterocycles. The van der Waals surface area contributed by atoms with Gasteiger partial charge in [-0.15, -0.1) is 11.3 Å². The molecule has 0 fully saturated rings. The molecule has 0 radical (unpaired) electrons. The molecule has 0 unspecified atom stereocenters. The minimum Gasteiger partial charge on any atom is -0.325 e. The number of carbonyl (C=O) groups excluding carboxylic acids is 1. The van der Waals surface area contributed by atoms with Gasteiger partial charge in [0.1, 0.15) is 16.2 Å². The van der Waals surface area contributed by atoms with Gasteiger partial charge in [0.25, 0.3) is 0 Å². The van der Waals surface area contributed by atoms with Crippen molar-refractivity contribution in [1.82, 2.24) is 15.0 Å². The van der Waals surface area contributed by atoms with Crippen LogP contribution in [0.25, 0.3) is 31.2 Å². The first-order valence-corrected chi connectivity index (χ1v) is 13.4. The molecular formula is C27H24N4OS2. The molecule has 2 aromatic carbocycles. The number of hydrogen-bond donors (Lipinski definition) is 1. The van der Waals surface area contributed by atoms with Crippen LogP contribution in [0.4, 0.5) is 5.69 Å². The molecule has 0 spiro atoms. The topological polar surface area (TPSA) is 67.8 Å². The number of amides is 1. The summed E-state index contributed by atoms with van der Waals surface area (Å²) in [5, 5.41) is 7.26. The minimum absolute atomic E-state index is 0.0460. The van der Waals surface area contributed by atoms with E-state index in [-0.39, 0.29) is 11.7 Å². The van der Waals surface area contributed by atoms with Gasteiger partial charge in [-0.3, -0.25) is 4.79 Å². The number of aromatic nitrogens is 3. The highest BCUT2D eigenvalue weighted by molar-refractivity contribution is 8.00. The molecule has 7 heteroatoms. The molecule has 0 aliphatic heterocycles. The predicted molar refractivity (Wildman–Crippen MR) is 142 cm³/mol. The molecule has 34 heavy (non-hydrogen) atoms. The van der Waals surface area contributed by atoms with E-state index >= 15 is 0 Å². The third-order valence-electron chi connectivity index (χ3n) is 6.42. The molecule has 1 aliphatic rings. The quantitative estimate of drug-likeness (QED) is 0.221. The Hall–Kier alpha value is -3.03. The van der Waals surface area contributed by atoms with Crippen LogP contribution in [0.5, 0.6) is 0 Å². The number of hydrogen-bond acceptors (Lipinski definition) is 6. The van der Waals surface area contributed by atoms with Crippen LogP contribution in [0.1, 0.15) is 43.0 Å². The largest absolute Gasteiger partial charge is 0.325 e. The average Bonchev–Trinajstić information content (AvgIpc) is 3.47. The number of nitrogens with zero attached hydrogens (tertiary/aromatic N) is 3. The maximum Gasteiger partial charge on any atom is 0.234 e. The van der Waals surface area contributed by atoms with E-state index in [4.69, 9.17) is 4.98 Å². The van der Waals surface area contributed by atoms with E-state index in [9.17, 15) is 4.79 Å². The second kappa shape index (κ2) is 8.64. The molecule has 1 amide bonds. The molecule has 3 heterocycles. The van der Waals surface area contributed by atoms with Crippen LogP contribution in [-0.2, 0) is 17.6 Å². The number of thioether (sulfide) groups is 1. The van der Waals surface area contributed by atoms with Gasteiger partial charge in [0, 0.05) is 22.2 Å². The van der Waals surface area contributed by atoms with Gasteiger partial charge in [0.15, 0.2) is 0 Å². The average molecular weight is 485 g/mol. The molecule has 1 aliphatic carbocycles. The highest BCUT2D eigenvalue weighted by Crippen LogP contribution is 2.42. The number of benzene rings is 2. The minimum atomic E-state index is -0.0460. The first kappa shape index (κ1) is 21.5. The number of fused-ring (bicyclic) bond motifs is 6. The lowest BCUT2D eigenvalue weighted by atomic mass is 9.99. The van der Waals surface area contributed by atoms with E-state index in [1.54, 1.807) is 17.7 Å². The molecule has 6 rings (SSSR count). The molecule has 0 bridgehead atoms. The molecule has 5 nitrogen and oxygen atoms in total. The van der Waals surface area contributed by atoms with Crippen molar-refractivity contribution in [2.24, 2.45) is 0 Å². The zero-order valence-electron chi connectivity index (χ0n) is 19.1. The van der Waals surface area contributed by atoms with Gasteiger partial charge < -0.3 is 5.32 Å². The Kier molecular flexibility index (Phi) is 5.46. The number of carbonyl (C=O) groups is 1. The van der Waals surface area contributed by atoms with E-state index in [1.807, 2.05) is 42.5 Å². The highest BCUT2D eigenvalue weighted by atomic mass is 32.2. The Morgan fingerprint density at radius 2 is 1.91 bits per heavy atom. The van der Waals surface area contributed by atoms with Crippen molar-refractivity contribution < 1.29 is 4.79 Å². The Bertz CT molecular complexity index is 1570. The van der Waals surface area contributed by atoms with Crippen LogP contribution in [-0.4, -0.2) is 26.6 Å². The zero-order chi connectivity index (χ0) is 23.2. The number of aryl methyl sites for hydroxylation is 1. The van der Waals surface area contributed by atoms with Crippen LogP contribution in [0.2, 0.25) is 0 Å². The third-order valence-corrected chi connectivity index (χ3v) is 8.62. The molecule has 3 aromatic heterocycles. The maximum atomic E-state index is 12.8. The van der Waals surface area contributed by atoms with Gasteiger partial charge in [-0.05, 0) is 47.8 Å². The van der Waals surface area contributed by atoms with Crippen molar-refractivity contribution >= 4 is 65.9 Å². The van der Waals surface area contributed by atoms with E-state index in [1.165, 1.54) is 40.4 Å². The first-order valence-electron chi connectivity index (χ1n) is 11.6. The Morgan fingerprint density at radius 1 is 1.09 bits per heavy atom. The summed E-state index contributed by atoms with van der Waals surface area (Å²) in [5.74, 6) is 0.640. The molecule has 0 atom stereocenters. The smallest absolute Gasteiger partial charge is 0.234 e. The maximum absolute atomic E-state index is 12.8.